The van der Waals surface area contributed by atoms with Gasteiger partial charge >= 0.3 is 5.97 Å². The average molecular weight is 508 g/mol. The lowest BCUT2D eigenvalue weighted by Crippen LogP contribution is -2.57. The highest BCUT2D eigenvalue weighted by Gasteiger charge is 2.40. The van der Waals surface area contributed by atoms with Gasteiger partial charge in [-0.1, -0.05) is 24.3 Å². The Kier molecular flexibility index (Phi) is 8.60. The Morgan fingerprint density at radius 3 is 2.38 bits per heavy atom. The number of hydrogen-bond donors (Lipinski definition) is 2. The van der Waals surface area contributed by atoms with Crippen molar-refractivity contribution in [2.24, 2.45) is 5.73 Å². The number of carbonyl (C=O) groups is 3. The predicted octanol–water partition coefficient (Wildman–Crippen LogP) is 4.08. The molecule has 0 aliphatic rings. The number of pyridine rings is 1. The number of amides is 2. The SMILES string of the molecule is COc1cccc(-c2ccc(C(=O)N([C@@H](CCC(N)=O)C(=O)O)C(C)(C)Cc3ccc(F)cc3)cn2)c1. The van der Waals surface area contributed by atoms with Gasteiger partial charge in [0.25, 0.3) is 5.91 Å². The Balaban J connectivity index is 1.98. The van der Waals surface area contributed by atoms with Crippen LogP contribution in [0.25, 0.3) is 11.3 Å². The number of hydrogen-bond acceptors (Lipinski definition) is 5. The number of primary amides is 1. The Morgan fingerprint density at radius 1 is 1.11 bits per heavy atom. The van der Waals surface area contributed by atoms with Crippen molar-refractivity contribution in [2.75, 3.05) is 7.11 Å². The number of aliphatic carboxylic acids is 1. The Hall–Kier alpha value is -4.27. The van der Waals surface area contributed by atoms with Crippen LogP contribution in [0.2, 0.25) is 0 Å². The number of carboxylic acid groups (broad SMARTS) is 1. The molecule has 37 heavy (non-hydrogen) atoms. The second kappa shape index (κ2) is 11.6. The molecule has 194 valence electrons. The van der Waals surface area contributed by atoms with Crippen molar-refractivity contribution in [3.05, 3.63) is 83.8 Å². The summed E-state index contributed by atoms with van der Waals surface area (Å²) < 4.78 is 18.7. The van der Waals surface area contributed by atoms with E-state index >= 15 is 0 Å². The number of nitrogens with zero attached hydrogens (tertiary/aromatic N) is 2. The molecular weight excluding hydrogens is 477 g/mol. The lowest BCUT2D eigenvalue weighted by Gasteiger charge is -2.42. The van der Waals surface area contributed by atoms with Gasteiger partial charge in [-0.2, -0.15) is 0 Å². The number of nitrogens with two attached hydrogens (primary N) is 1. The Morgan fingerprint density at radius 2 is 1.81 bits per heavy atom. The van der Waals surface area contributed by atoms with Crippen LogP contribution in [0.3, 0.4) is 0 Å². The van der Waals surface area contributed by atoms with E-state index in [1.54, 1.807) is 51.3 Å². The van der Waals surface area contributed by atoms with Crippen molar-refractivity contribution in [1.82, 2.24) is 9.88 Å². The van der Waals surface area contributed by atoms with Gasteiger partial charge < -0.3 is 20.5 Å². The summed E-state index contributed by atoms with van der Waals surface area (Å²) in [5.41, 5.74) is 6.55. The molecule has 3 rings (SSSR count). The lowest BCUT2D eigenvalue weighted by atomic mass is 9.89. The van der Waals surface area contributed by atoms with Gasteiger partial charge in [0.2, 0.25) is 5.91 Å². The molecule has 1 aromatic heterocycles. The first kappa shape index (κ1) is 27.3. The molecule has 0 aliphatic heterocycles. The first-order chi connectivity index (χ1) is 17.5. The number of carbonyl (C=O) groups excluding carboxylic acids is 2. The smallest absolute Gasteiger partial charge is 0.326 e. The topological polar surface area (TPSA) is 123 Å². The number of methoxy groups -OCH3 is 1. The summed E-state index contributed by atoms with van der Waals surface area (Å²) >= 11 is 0. The molecule has 0 aliphatic carbocycles. The number of benzene rings is 2. The number of carboxylic acids is 1. The highest BCUT2D eigenvalue weighted by Crippen LogP contribution is 2.29. The van der Waals surface area contributed by atoms with Gasteiger partial charge in [-0.3, -0.25) is 14.6 Å². The van der Waals surface area contributed by atoms with Crippen LogP contribution in [0.4, 0.5) is 4.39 Å². The predicted molar refractivity (Wildman–Crippen MR) is 136 cm³/mol. The van der Waals surface area contributed by atoms with Crippen molar-refractivity contribution in [3.8, 4) is 17.0 Å². The average Bonchev–Trinajstić information content (AvgIpc) is 2.87. The van der Waals surface area contributed by atoms with E-state index in [9.17, 15) is 23.9 Å². The van der Waals surface area contributed by atoms with Crippen molar-refractivity contribution in [2.45, 2.75) is 44.7 Å². The maximum absolute atomic E-state index is 13.8. The number of halogens is 1. The molecule has 3 N–H and O–H groups in total. The van der Waals surface area contributed by atoms with E-state index in [1.165, 1.54) is 23.2 Å². The zero-order valence-electron chi connectivity index (χ0n) is 21.0. The first-order valence-electron chi connectivity index (χ1n) is 11.7. The Bertz CT molecular complexity index is 1260. The molecule has 1 heterocycles. The molecule has 8 nitrogen and oxygen atoms in total. The molecule has 2 amide bonds. The molecule has 1 atom stereocenters. The summed E-state index contributed by atoms with van der Waals surface area (Å²) in [4.78, 5) is 43.2. The maximum atomic E-state index is 13.8. The van der Waals surface area contributed by atoms with Crippen molar-refractivity contribution >= 4 is 17.8 Å². The molecular formula is C28H30FN3O5. The van der Waals surface area contributed by atoms with E-state index < -0.39 is 35.2 Å². The highest BCUT2D eigenvalue weighted by atomic mass is 19.1. The van der Waals surface area contributed by atoms with Crippen LogP contribution in [0.15, 0.2) is 66.9 Å². The van der Waals surface area contributed by atoms with E-state index in [2.05, 4.69) is 4.98 Å². The minimum Gasteiger partial charge on any atom is -0.497 e. The van der Waals surface area contributed by atoms with Crippen LogP contribution in [-0.2, 0) is 16.0 Å². The minimum atomic E-state index is -1.33. The van der Waals surface area contributed by atoms with E-state index in [0.29, 0.717) is 11.4 Å². The van der Waals surface area contributed by atoms with Gasteiger partial charge in [0.05, 0.1) is 18.4 Å². The molecule has 0 spiro atoms. The molecule has 9 heteroatoms. The van der Waals surface area contributed by atoms with Gasteiger partial charge in [-0.15, -0.1) is 0 Å². The summed E-state index contributed by atoms with van der Waals surface area (Å²) in [5, 5.41) is 10.0. The van der Waals surface area contributed by atoms with Crippen LogP contribution in [0.1, 0.15) is 42.6 Å². The molecule has 0 saturated heterocycles. The fourth-order valence-electron chi connectivity index (χ4n) is 4.28. The summed E-state index contributed by atoms with van der Waals surface area (Å²) in [7, 11) is 1.56. The van der Waals surface area contributed by atoms with Crippen molar-refractivity contribution in [1.29, 1.82) is 0 Å². The van der Waals surface area contributed by atoms with Crippen LogP contribution in [-0.4, -0.2) is 51.5 Å². The molecule has 0 fully saturated rings. The highest BCUT2D eigenvalue weighted by molar-refractivity contribution is 5.97. The minimum absolute atomic E-state index is 0.154. The number of ether oxygens (including phenoxy) is 1. The molecule has 0 radical (unpaired) electrons. The standard InChI is InChI=1S/C28H30FN3O5/c1-28(2,16-18-7-10-21(29)11-8-18)32(24(27(35)36)13-14-25(30)33)26(34)20-9-12-23(31-17-20)19-5-4-6-22(15-19)37-3/h4-12,15,17,24H,13-14,16H2,1-3H3,(H2,30,33)(H,35,36)/t24-/m0/s1. The summed E-state index contributed by atoms with van der Waals surface area (Å²) in [6.07, 6.45) is 1.28. The zero-order valence-corrected chi connectivity index (χ0v) is 21.0. The third-order valence-electron chi connectivity index (χ3n) is 6.06. The molecule has 2 aromatic carbocycles. The fraction of sp³-hybridized carbons (Fsp3) is 0.286. The van der Waals surface area contributed by atoms with Crippen molar-refractivity contribution < 1.29 is 28.6 Å². The van der Waals surface area contributed by atoms with E-state index in [0.717, 1.165) is 11.1 Å². The summed E-state index contributed by atoms with van der Waals surface area (Å²) in [6.45, 7) is 3.46. The van der Waals surface area contributed by atoms with Crippen LogP contribution in [0.5, 0.6) is 5.75 Å². The third kappa shape index (κ3) is 6.91. The van der Waals surface area contributed by atoms with Gasteiger partial charge in [0.1, 0.15) is 17.6 Å². The van der Waals surface area contributed by atoms with Gasteiger partial charge in [0.15, 0.2) is 0 Å². The normalized spacial score (nSPS) is 12.0. The van der Waals surface area contributed by atoms with Crippen molar-refractivity contribution in [3.63, 3.8) is 0 Å². The summed E-state index contributed by atoms with van der Waals surface area (Å²) in [6, 6.07) is 15.0. The van der Waals surface area contributed by atoms with E-state index in [-0.39, 0.29) is 24.8 Å². The molecule has 0 bridgehead atoms. The third-order valence-corrected chi connectivity index (χ3v) is 6.06. The monoisotopic (exact) mass is 507 g/mol. The van der Waals surface area contributed by atoms with E-state index in [4.69, 9.17) is 10.5 Å². The largest absolute Gasteiger partial charge is 0.497 e. The summed E-state index contributed by atoms with van der Waals surface area (Å²) in [5.74, 6) is -2.23. The number of rotatable bonds is 11. The second-order valence-electron chi connectivity index (χ2n) is 9.31. The Labute approximate surface area is 214 Å². The van der Waals surface area contributed by atoms with Gasteiger partial charge in [-0.05, 0) is 68.7 Å². The van der Waals surface area contributed by atoms with Crippen LogP contribution < -0.4 is 10.5 Å². The molecule has 0 saturated carbocycles. The van der Waals surface area contributed by atoms with Gasteiger partial charge in [-0.25, -0.2) is 9.18 Å². The zero-order chi connectivity index (χ0) is 27.2. The molecule has 0 unspecified atom stereocenters. The van der Waals surface area contributed by atoms with Crippen LogP contribution >= 0.6 is 0 Å². The number of aromatic nitrogens is 1. The van der Waals surface area contributed by atoms with Gasteiger partial charge in [0, 0.05) is 23.7 Å². The second-order valence-corrected chi connectivity index (χ2v) is 9.31. The lowest BCUT2D eigenvalue weighted by molar-refractivity contribution is -0.144. The maximum Gasteiger partial charge on any atom is 0.326 e. The van der Waals surface area contributed by atoms with Crippen LogP contribution in [0, 0.1) is 5.82 Å². The first-order valence-corrected chi connectivity index (χ1v) is 11.7. The molecule has 3 aromatic rings. The van der Waals surface area contributed by atoms with E-state index in [1.807, 2.05) is 18.2 Å². The fourth-order valence-corrected chi connectivity index (χ4v) is 4.28. The quantitative estimate of drug-likeness (QED) is 0.403.